The Labute approximate surface area is 110 Å². The van der Waals surface area contributed by atoms with E-state index in [1.54, 1.807) is 0 Å². The van der Waals surface area contributed by atoms with Crippen molar-refractivity contribution in [2.24, 2.45) is 5.41 Å². The molecule has 0 aliphatic heterocycles. The van der Waals surface area contributed by atoms with E-state index in [9.17, 15) is 4.79 Å². The fraction of sp³-hybridized carbons (Fsp3) is 0.562. The number of hydrogen-bond acceptors (Lipinski definition) is 2. The normalized spacial score (nSPS) is 13.9. The van der Waals surface area contributed by atoms with Gasteiger partial charge in [-0.3, -0.25) is 4.79 Å². The molecule has 1 aromatic carbocycles. The summed E-state index contributed by atoms with van der Waals surface area (Å²) in [5.74, 6) is -0.0673. The minimum Gasteiger partial charge on any atom is -0.460 e. The summed E-state index contributed by atoms with van der Waals surface area (Å²) in [6.45, 7) is 6.59. The third-order valence-corrected chi connectivity index (χ3v) is 3.57. The van der Waals surface area contributed by atoms with Crippen LogP contribution in [0.4, 0.5) is 0 Å². The fourth-order valence-electron chi connectivity index (χ4n) is 1.89. The van der Waals surface area contributed by atoms with Gasteiger partial charge in [0.25, 0.3) is 0 Å². The van der Waals surface area contributed by atoms with Crippen molar-refractivity contribution in [2.45, 2.75) is 53.1 Å². The van der Waals surface area contributed by atoms with Gasteiger partial charge in [0.1, 0.15) is 6.61 Å². The number of unbranched alkanes of at least 4 members (excludes halogenated alkanes) is 1. The smallest absolute Gasteiger partial charge is 0.312 e. The molecule has 0 unspecified atom stereocenters. The van der Waals surface area contributed by atoms with Crippen molar-refractivity contribution in [2.75, 3.05) is 0 Å². The zero-order valence-electron chi connectivity index (χ0n) is 11.7. The van der Waals surface area contributed by atoms with Gasteiger partial charge in [-0.25, -0.2) is 0 Å². The van der Waals surface area contributed by atoms with Crippen molar-refractivity contribution in [3.63, 3.8) is 0 Å². The first-order valence-corrected chi connectivity index (χ1v) is 6.83. The van der Waals surface area contributed by atoms with E-state index in [4.69, 9.17) is 4.74 Å². The molecule has 1 aromatic rings. The second-order valence-corrected chi connectivity index (χ2v) is 5.08. The Morgan fingerprint density at radius 1 is 1.22 bits per heavy atom. The van der Waals surface area contributed by atoms with Gasteiger partial charge in [-0.1, -0.05) is 57.0 Å². The van der Waals surface area contributed by atoms with Crippen molar-refractivity contribution in [1.82, 2.24) is 0 Å². The summed E-state index contributed by atoms with van der Waals surface area (Å²) in [5, 5.41) is 0. The van der Waals surface area contributed by atoms with Crippen LogP contribution in [0.15, 0.2) is 30.3 Å². The highest BCUT2D eigenvalue weighted by molar-refractivity contribution is 5.76. The molecule has 0 saturated carbocycles. The lowest BCUT2D eigenvalue weighted by Gasteiger charge is -2.25. The van der Waals surface area contributed by atoms with E-state index >= 15 is 0 Å². The molecule has 0 heterocycles. The van der Waals surface area contributed by atoms with E-state index in [2.05, 4.69) is 13.8 Å². The maximum Gasteiger partial charge on any atom is 0.312 e. The van der Waals surface area contributed by atoms with E-state index in [1.165, 1.54) is 0 Å². The Hall–Kier alpha value is -1.31. The topological polar surface area (TPSA) is 26.3 Å². The number of hydrogen-bond donors (Lipinski definition) is 0. The number of esters is 1. The average molecular weight is 248 g/mol. The van der Waals surface area contributed by atoms with Gasteiger partial charge in [0.15, 0.2) is 0 Å². The highest BCUT2D eigenvalue weighted by Gasteiger charge is 2.32. The molecule has 0 fully saturated rings. The Morgan fingerprint density at radius 2 is 1.89 bits per heavy atom. The van der Waals surface area contributed by atoms with Gasteiger partial charge in [0.2, 0.25) is 0 Å². The van der Waals surface area contributed by atoms with E-state index in [0.717, 1.165) is 31.2 Å². The van der Waals surface area contributed by atoms with Crippen LogP contribution in [0.25, 0.3) is 0 Å². The third kappa shape index (κ3) is 4.17. The van der Waals surface area contributed by atoms with E-state index in [0.29, 0.717) is 6.61 Å². The van der Waals surface area contributed by atoms with Crippen molar-refractivity contribution < 1.29 is 9.53 Å². The van der Waals surface area contributed by atoms with Crippen LogP contribution in [0.1, 0.15) is 52.0 Å². The molecule has 0 radical (unpaired) electrons. The summed E-state index contributed by atoms with van der Waals surface area (Å²) in [7, 11) is 0. The molecule has 100 valence electrons. The molecule has 0 bridgehead atoms. The van der Waals surface area contributed by atoms with Gasteiger partial charge in [0.05, 0.1) is 5.41 Å². The molecule has 2 heteroatoms. The van der Waals surface area contributed by atoms with Crippen LogP contribution in [0, 0.1) is 5.41 Å². The lowest BCUT2D eigenvalue weighted by Crippen LogP contribution is -2.29. The van der Waals surface area contributed by atoms with E-state index in [1.807, 2.05) is 37.3 Å². The van der Waals surface area contributed by atoms with Crippen LogP contribution in [0.2, 0.25) is 0 Å². The zero-order valence-corrected chi connectivity index (χ0v) is 11.7. The van der Waals surface area contributed by atoms with Crippen molar-refractivity contribution in [1.29, 1.82) is 0 Å². The highest BCUT2D eigenvalue weighted by atomic mass is 16.5. The number of carbonyl (C=O) groups is 1. The van der Waals surface area contributed by atoms with Crippen LogP contribution < -0.4 is 0 Å². The number of ether oxygens (including phenoxy) is 1. The predicted molar refractivity (Wildman–Crippen MR) is 74.2 cm³/mol. The molecule has 0 N–H and O–H groups in total. The Morgan fingerprint density at radius 3 is 2.44 bits per heavy atom. The number of carbonyl (C=O) groups excluding carboxylic acids is 1. The molecule has 0 spiro atoms. The first kappa shape index (κ1) is 14.7. The maximum atomic E-state index is 12.2. The van der Waals surface area contributed by atoms with Gasteiger partial charge in [-0.05, 0) is 25.3 Å². The highest BCUT2D eigenvalue weighted by Crippen LogP contribution is 2.30. The van der Waals surface area contributed by atoms with Crippen LogP contribution in [-0.2, 0) is 16.1 Å². The summed E-state index contributed by atoms with van der Waals surface area (Å²) in [5.41, 5.74) is 0.713. The van der Waals surface area contributed by atoms with E-state index < -0.39 is 0 Å². The first-order chi connectivity index (χ1) is 8.62. The second kappa shape index (κ2) is 7.20. The lowest BCUT2D eigenvalue weighted by molar-refractivity contribution is -0.157. The molecule has 18 heavy (non-hydrogen) atoms. The Balaban J connectivity index is 2.52. The van der Waals surface area contributed by atoms with Crippen molar-refractivity contribution in [3.05, 3.63) is 35.9 Å². The van der Waals surface area contributed by atoms with Crippen LogP contribution in [0.5, 0.6) is 0 Å². The summed E-state index contributed by atoms with van der Waals surface area (Å²) >= 11 is 0. The van der Waals surface area contributed by atoms with Crippen LogP contribution >= 0.6 is 0 Å². The molecule has 0 aromatic heterocycles. The predicted octanol–water partition coefficient (Wildman–Crippen LogP) is 4.34. The summed E-state index contributed by atoms with van der Waals surface area (Å²) in [6.07, 6.45) is 3.93. The zero-order chi connectivity index (χ0) is 13.4. The number of benzene rings is 1. The van der Waals surface area contributed by atoms with Crippen molar-refractivity contribution >= 4 is 5.97 Å². The molecule has 0 saturated heterocycles. The Bertz CT molecular complexity index is 359. The van der Waals surface area contributed by atoms with Crippen LogP contribution in [-0.4, -0.2) is 5.97 Å². The van der Waals surface area contributed by atoms with Crippen molar-refractivity contribution in [3.8, 4) is 0 Å². The van der Waals surface area contributed by atoms with Gasteiger partial charge < -0.3 is 4.74 Å². The van der Waals surface area contributed by atoms with Gasteiger partial charge in [-0.2, -0.15) is 0 Å². The first-order valence-electron chi connectivity index (χ1n) is 6.83. The van der Waals surface area contributed by atoms with Gasteiger partial charge >= 0.3 is 5.97 Å². The second-order valence-electron chi connectivity index (χ2n) is 5.08. The quantitative estimate of drug-likeness (QED) is 0.671. The molecule has 0 aliphatic rings. The SMILES string of the molecule is CCCC[C@](C)(CC)C(=O)OCc1ccccc1. The molecular weight excluding hydrogens is 224 g/mol. The lowest BCUT2D eigenvalue weighted by atomic mass is 9.82. The fourth-order valence-corrected chi connectivity index (χ4v) is 1.89. The monoisotopic (exact) mass is 248 g/mol. The van der Waals surface area contributed by atoms with Gasteiger partial charge in [-0.15, -0.1) is 0 Å². The molecule has 0 aliphatic carbocycles. The third-order valence-electron chi connectivity index (χ3n) is 3.57. The molecular formula is C16H24O2. The Kier molecular flexibility index (Phi) is 5.90. The molecule has 2 nitrogen and oxygen atoms in total. The summed E-state index contributed by atoms with van der Waals surface area (Å²) < 4.78 is 5.44. The standard InChI is InChI=1S/C16H24O2/c1-4-6-12-16(3,5-2)15(17)18-13-14-10-8-7-9-11-14/h7-11H,4-6,12-13H2,1-3H3/t16-/m0/s1. The minimum absolute atomic E-state index is 0.0673. The van der Waals surface area contributed by atoms with Crippen LogP contribution in [0.3, 0.4) is 0 Å². The molecule has 1 rings (SSSR count). The molecule has 1 atom stereocenters. The average Bonchev–Trinajstić information content (AvgIpc) is 2.43. The minimum atomic E-state index is -0.329. The largest absolute Gasteiger partial charge is 0.460 e. The summed E-state index contributed by atoms with van der Waals surface area (Å²) in [6, 6.07) is 9.83. The van der Waals surface area contributed by atoms with Gasteiger partial charge in [0, 0.05) is 0 Å². The maximum absolute atomic E-state index is 12.2. The van der Waals surface area contributed by atoms with E-state index in [-0.39, 0.29) is 11.4 Å². The molecule has 0 amide bonds. The summed E-state index contributed by atoms with van der Waals surface area (Å²) in [4.78, 5) is 12.2. The number of rotatable bonds is 7.